The van der Waals surface area contributed by atoms with Gasteiger partial charge in [-0.25, -0.2) is 0 Å². The van der Waals surface area contributed by atoms with E-state index in [0.717, 1.165) is 32.2 Å². The Kier molecular flexibility index (Phi) is 2.46. The Balaban J connectivity index is 1.76. The maximum Gasteiger partial charge on any atom is 0.226 e. The van der Waals surface area contributed by atoms with Gasteiger partial charge in [0.15, 0.2) is 0 Å². The minimum Gasteiger partial charge on any atom is -0.363 e. The zero-order chi connectivity index (χ0) is 11.0. The van der Waals surface area contributed by atoms with Crippen LogP contribution in [0.25, 0.3) is 0 Å². The molecule has 2 aliphatic rings. The number of likely N-dealkylation sites (tertiary alicyclic amines) is 1. The first-order chi connectivity index (χ1) is 7.86. The molecule has 3 rings (SSSR count). The van der Waals surface area contributed by atoms with E-state index in [4.69, 9.17) is 0 Å². The Morgan fingerprint density at radius 2 is 2.19 bits per heavy atom. The number of rotatable bonds is 2. The summed E-state index contributed by atoms with van der Waals surface area (Å²) in [6.07, 6.45) is 7.64. The lowest BCUT2D eigenvalue weighted by atomic mass is 9.84. The van der Waals surface area contributed by atoms with Crippen LogP contribution in [0.15, 0.2) is 18.3 Å². The number of hydrogen-bond acceptors (Lipinski definition) is 1. The molecule has 0 spiro atoms. The Morgan fingerprint density at radius 1 is 1.31 bits per heavy atom. The molecular weight excluding hydrogens is 200 g/mol. The molecule has 16 heavy (non-hydrogen) atoms. The molecule has 1 aromatic rings. The molecule has 0 aromatic carbocycles. The number of carbonyl (C=O) groups is 1. The van der Waals surface area contributed by atoms with Crippen molar-refractivity contribution in [1.29, 1.82) is 0 Å². The molecule has 1 amide bonds. The van der Waals surface area contributed by atoms with Crippen molar-refractivity contribution < 1.29 is 4.79 Å². The number of H-pyrrole nitrogens is 1. The van der Waals surface area contributed by atoms with Crippen molar-refractivity contribution in [3.8, 4) is 0 Å². The van der Waals surface area contributed by atoms with Crippen LogP contribution in [-0.4, -0.2) is 22.3 Å². The van der Waals surface area contributed by atoms with E-state index in [1.54, 1.807) is 0 Å². The van der Waals surface area contributed by atoms with E-state index >= 15 is 0 Å². The molecule has 1 aromatic heterocycles. The second-order valence-corrected chi connectivity index (χ2v) is 4.94. The van der Waals surface area contributed by atoms with Gasteiger partial charge in [0.2, 0.25) is 5.91 Å². The normalized spacial score (nSPS) is 25.8. The summed E-state index contributed by atoms with van der Waals surface area (Å²) < 4.78 is 0. The van der Waals surface area contributed by atoms with Gasteiger partial charge in [-0.3, -0.25) is 4.79 Å². The van der Waals surface area contributed by atoms with Gasteiger partial charge in [-0.2, -0.15) is 0 Å². The zero-order valence-electron chi connectivity index (χ0n) is 9.48. The number of nitrogens with zero attached hydrogens (tertiary/aromatic N) is 1. The van der Waals surface area contributed by atoms with Crippen molar-refractivity contribution in [2.24, 2.45) is 5.92 Å². The van der Waals surface area contributed by atoms with Crippen molar-refractivity contribution in [2.75, 3.05) is 6.54 Å². The van der Waals surface area contributed by atoms with Crippen LogP contribution in [0.3, 0.4) is 0 Å². The molecule has 0 radical (unpaired) electrons. The summed E-state index contributed by atoms with van der Waals surface area (Å²) in [7, 11) is 0. The second kappa shape index (κ2) is 3.96. The molecule has 86 valence electrons. The lowest BCUT2D eigenvalue weighted by Gasteiger charge is -2.32. The Labute approximate surface area is 95.8 Å². The van der Waals surface area contributed by atoms with E-state index in [9.17, 15) is 4.79 Å². The average molecular weight is 218 g/mol. The molecule has 3 nitrogen and oxygen atoms in total. The maximum absolute atomic E-state index is 12.2. The molecule has 1 unspecified atom stereocenters. The molecule has 2 fully saturated rings. The molecule has 3 heteroatoms. The molecule has 2 heterocycles. The smallest absolute Gasteiger partial charge is 0.226 e. The fraction of sp³-hybridized carbons (Fsp3) is 0.615. The van der Waals surface area contributed by atoms with Gasteiger partial charge in [0.1, 0.15) is 0 Å². The van der Waals surface area contributed by atoms with Crippen molar-refractivity contribution in [3.05, 3.63) is 24.0 Å². The number of hydrogen-bond donors (Lipinski definition) is 1. The lowest BCUT2D eigenvalue weighted by molar-refractivity contribution is -0.139. The Hall–Kier alpha value is -1.25. The summed E-state index contributed by atoms with van der Waals surface area (Å²) in [5.74, 6) is 0.721. The van der Waals surface area contributed by atoms with E-state index < -0.39 is 0 Å². The highest BCUT2D eigenvalue weighted by atomic mass is 16.2. The fourth-order valence-corrected chi connectivity index (χ4v) is 2.80. The quantitative estimate of drug-likeness (QED) is 0.813. The van der Waals surface area contributed by atoms with Gasteiger partial charge in [0.25, 0.3) is 0 Å². The van der Waals surface area contributed by atoms with Crippen LogP contribution in [0.4, 0.5) is 0 Å². The SMILES string of the molecule is O=C(C1CCC1)N1CCCC1c1ccc[nH]1. The number of aromatic nitrogens is 1. The van der Waals surface area contributed by atoms with Crippen LogP contribution in [0, 0.1) is 5.92 Å². The molecule has 1 N–H and O–H groups in total. The molecule has 1 saturated carbocycles. The first-order valence-corrected chi connectivity index (χ1v) is 6.30. The summed E-state index contributed by atoms with van der Waals surface area (Å²) in [6.45, 7) is 0.943. The largest absolute Gasteiger partial charge is 0.363 e. The highest BCUT2D eigenvalue weighted by Crippen LogP contribution is 2.36. The third-order valence-corrected chi connectivity index (χ3v) is 3.97. The minimum atomic E-state index is 0.308. The van der Waals surface area contributed by atoms with Crippen LogP contribution in [0.2, 0.25) is 0 Å². The van der Waals surface area contributed by atoms with E-state index in [0.29, 0.717) is 17.9 Å². The first-order valence-electron chi connectivity index (χ1n) is 6.30. The number of nitrogens with one attached hydrogen (secondary N) is 1. The van der Waals surface area contributed by atoms with Crippen LogP contribution < -0.4 is 0 Å². The van der Waals surface area contributed by atoms with Crippen LogP contribution in [-0.2, 0) is 4.79 Å². The van der Waals surface area contributed by atoms with Crippen LogP contribution in [0.1, 0.15) is 43.8 Å². The van der Waals surface area contributed by atoms with E-state index in [2.05, 4.69) is 16.0 Å². The summed E-state index contributed by atoms with van der Waals surface area (Å²) >= 11 is 0. The number of aromatic amines is 1. The third kappa shape index (κ3) is 1.55. The van der Waals surface area contributed by atoms with Gasteiger partial charge >= 0.3 is 0 Å². The lowest BCUT2D eigenvalue weighted by Crippen LogP contribution is -2.38. The third-order valence-electron chi connectivity index (χ3n) is 3.97. The molecule has 1 aliphatic heterocycles. The van der Waals surface area contributed by atoms with E-state index in [-0.39, 0.29) is 0 Å². The van der Waals surface area contributed by atoms with Crippen molar-refractivity contribution in [2.45, 2.75) is 38.1 Å². The standard InChI is InChI=1S/C13H18N2O/c16-13(10-4-1-5-10)15-9-3-7-12(15)11-6-2-8-14-11/h2,6,8,10,12,14H,1,3-5,7,9H2. The van der Waals surface area contributed by atoms with Crippen molar-refractivity contribution >= 4 is 5.91 Å². The van der Waals surface area contributed by atoms with Gasteiger partial charge in [-0.1, -0.05) is 6.42 Å². The van der Waals surface area contributed by atoms with Gasteiger partial charge in [-0.15, -0.1) is 0 Å². The molecule has 1 saturated heterocycles. The minimum absolute atomic E-state index is 0.308. The Bertz CT molecular complexity index is 367. The zero-order valence-corrected chi connectivity index (χ0v) is 9.48. The monoisotopic (exact) mass is 218 g/mol. The van der Waals surface area contributed by atoms with Gasteiger partial charge < -0.3 is 9.88 Å². The topological polar surface area (TPSA) is 36.1 Å². The number of amides is 1. The van der Waals surface area contributed by atoms with Gasteiger partial charge in [-0.05, 0) is 37.8 Å². The molecule has 0 bridgehead atoms. The van der Waals surface area contributed by atoms with Gasteiger partial charge in [0.05, 0.1) is 6.04 Å². The Morgan fingerprint density at radius 3 is 2.81 bits per heavy atom. The summed E-state index contributed by atoms with van der Waals surface area (Å²) in [5.41, 5.74) is 1.20. The second-order valence-electron chi connectivity index (χ2n) is 4.94. The van der Waals surface area contributed by atoms with E-state index in [1.165, 1.54) is 12.1 Å². The highest BCUT2D eigenvalue weighted by Gasteiger charge is 2.36. The summed E-state index contributed by atoms with van der Waals surface area (Å²) in [5, 5.41) is 0. The molecular formula is C13H18N2O. The number of carbonyl (C=O) groups excluding carboxylic acids is 1. The first kappa shape index (κ1) is 9.94. The molecule has 1 aliphatic carbocycles. The van der Waals surface area contributed by atoms with Crippen molar-refractivity contribution in [1.82, 2.24) is 9.88 Å². The summed E-state index contributed by atoms with van der Waals surface area (Å²) in [4.78, 5) is 17.6. The maximum atomic E-state index is 12.2. The predicted molar refractivity (Wildman–Crippen MR) is 61.8 cm³/mol. The van der Waals surface area contributed by atoms with Crippen LogP contribution in [0.5, 0.6) is 0 Å². The van der Waals surface area contributed by atoms with Gasteiger partial charge in [0, 0.05) is 24.4 Å². The predicted octanol–water partition coefficient (Wildman–Crippen LogP) is 2.48. The summed E-state index contributed by atoms with van der Waals surface area (Å²) in [6, 6.07) is 4.42. The highest BCUT2D eigenvalue weighted by molar-refractivity contribution is 5.80. The fourth-order valence-electron chi connectivity index (χ4n) is 2.80. The van der Waals surface area contributed by atoms with Crippen LogP contribution >= 0.6 is 0 Å². The average Bonchev–Trinajstić information content (AvgIpc) is 2.85. The molecule has 1 atom stereocenters. The van der Waals surface area contributed by atoms with Crippen molar-refractivity contribution in [3.63, 3.8) is 0 Å². The van der Waals surface area contributed by atoms with E-state index in [1.807, 2.05) is 12.3 Å².